The molecular weight excluding hydrogens is 464 g/mol. The molecule has 4 rings (SSSR count). The first-order valence-corrected chi connectivity index (χ1v) is 11.3. The first-order valence-electron chi connectivity index (χ1n) is 10.5. The summed E-state index contributed by atoms with van der Waals surface area (Å²) in [6, 6.07) is 9.13. The molecule has 2 aromatic rings. The Labute approximate surface area is 194 Å². The van der Waals surface area contributed by atoms with Gasteiger partial charge in [-0.25, -0.2) is 0 Å². The van der Waals surface area contributed by atoms with Gasteiger partial charge in [-0.3, -0.25) is 9.69 Å². The second kappa shape index (κ2) is 9.49. The molecule has 0 unspecified atom stereocenters. The summed E-state index contributed by atoms with van der Waals surface area (Å²) in [4.78, 5) is 14.2. The molecule has 2 aliphatic heterocycles. The number of nitrogens with zero attached hydrogens (tertiary/aromatic N) is 1. The van der Waals surface area contributed by atoms with E-state index in [0.717, 1.165) is 44.5 Å². The normalized spacial score (nSPS) is 20.4. The number of amides is 1. The second-order valence-electron chi connectivity index (χ2n) is 8.29. The summed E-state index contributed by atoms with van der Waals surface area (Å²) in [5.74, 6) is 0.458. The van der Waals surface area contributed by atoms with Crippen LogP contribution in [0.25, 0.3) is 11.1 Å². The first-order chi connectivity index (χ1) is 15.2. The van der Waals surface area contributed by atoms with Crippen LogP contribution in [0.4, 0.5) is 13.2 Å². The Morgan fingerprint density at radius 1 is 1.00 bits per heavy atom. The van der Waals surface area contributed by atoms with Crippen molar-refractivity contribution in [2.24, 2.45) is 11.8 Å². The molecule has 2 saturated heterocycles. The number of likely N-dealkylation sites (tertiary alicyclic amines) is 1. The highest BCUT2D eigenvalue weighted by molar-refractivity contribution is 6.36. The zero-order chi connectivity index (χ0) is 22.9. The van der Waals surface area contributed by atoms with Gasteiger partial charge in [0.25, 0.3) is 0 Å². The highest BCUT2D eigenvalue weighted by Crippen LogP contribution is 2.35. The molecule has 4 nitrogen and oxygen atoms in total. The number of hydrogen-bond donors (Lipinski definition) is 1. The van der Waals surface area contributed by atoms with Crippen LogP contribution in [-0.4, -0.2) is 36.8 Å². The maximum Gasteiger partial charge on any atom is 0.573 e. The zero-order valence-corrected chi connectivity index (χ0v) is 18.7. The van der Waals surface area contributed by atoms with Crippen LogP contribution >= 0.6 is 23.2 Å². The van der Waals surface area contributed by atoms with Crippen LogP contribution in [0.3, 0.4) is 0 Å². The third-order valence-electron chi connectivity index (χ3n) is 6.24. The molecule has 2 fully saturated rings. The second-order valence-corrected chi connectivity index (χ2v) is 9.10. The molecule has 0 bridgehead atoms. The number of alkyl halides is 3. The fraction of sp³-hybridized carbons (Fsp3) is 0.435. The molecule has 1 atom stereocenters. The van der Waals surface area contributed by atoms with Crippen LogP contribution in [0, 0.1) is 11.8 Å². The van der Waals surface area contributed by atoms with Crippen molar-refractivity contribution in [1.82, 2.24) is 10.2 Å². The average Bonchev–Trinajstić information content (AvgIpc) is 3.16. The van der Waals surface area contributed by atoms with Crippen molar-refractivity contribution in [3.8, 4) is 16.9 Å². The lowest BCUT2D eigenvalue weighted by atomic mass is 9.83. The fourth-order valence-electron chi connectivity index (χ4n) is 4.57. The van der Waals surface area contributed by atoms with Gasteiger partial charge in [-0.2, -0.15) is 0 Å². The summed E-state index contributed by atoms with van der Waals surface area (Å²) in [7, 11) is 0. The predicted octanol–water partition coefficient (Wildman–Crippen LogP) is 5.91. The molecule has 0 spiro atoms. The molecule has 2 heterocycles. The van der Waals surface area contributed by atoms with Crippen LogP contribution < -0.4 is 10.1 Å². The molecule has 2 aromatic carbocycles. The largest absolute Gasteiger partial charge is 0.573 e. The maximum absolute atomic E-state index is 12.3. The van der Waals surface area contributed by atoms with E-state index in [-0.39, 0.29) is 17.6 Å². The minimum atomic E-state index is -4.73. The zero-order valence-electron chi connectivity index (χ0n) is 17.2. The third-order valence-corrected chi connectivity index (χ3v) is 6.91. The van der Waals surface area contributed by atoms with Crippen LogP contribution in [0.1, 0.15) is 24.8 Å². The average molecular weight is 487 g/mol. The minimum absolute atomic E-state index is 0.136. The Morgan fingerprint density at radius 2 is 1.62 bits per heavy atom. The van der Waals surface area contributed by atoms with E-state index in [4.69, 9.17) is 23.2 Å². The Bertz CT molecular complexity index is 951. The lowest BCUT2D eigenvalue weighted by Gasteiger charge is -2.34. The Kier molecular flexibility index (Phi) is 6.89. The van der Waals surface area contributed by atoms with Crippen molar-refractivity contribution in [3.05, 3.63) is 52.0 Å². The standard InChI is InChI=1S/C23H23Cl2F3N2O2/c24-20-11-16(14-1-3-17(4-2-14)32-23(26,27)28)12-21(25)19(20)13-30-9-6-15(7-10-30)18-5-8-29-22(18)31/h1-4,11-12,15,18H,5-10,13H2,(H,29,31)/t18-/m1/s1. The highest BCUT2D eigenvalue weighted by Gasteiger charge is 2.34. The van der Waals surface area contributed by atoms with Crippen molar-refractivity contribution in [2.45, 2.75) is 32.2 Å². The number of rotatable bonds is 5. The van der Waals surface area contributed by atoms with Crippen molar-refractivity contribution in [1.29, 1.82) is 0 Å². The summed E-state index contributed by atoms with van der Waals surface area (Å²) >= 11 is 13.1. The molecule has 0 saturated carbocycles. The molecule has 9 heteroatoms. The van der Waals surface area contributed by atoms with Gasteiger partial charge in [-0.1, -0.05) is 35.3 Å². The molecule has 0 aliphatic carbocycles. The van der Waals surface area contributed by atoms with Gasteiger partial charge in [0.1, 0.15) is 5.75 Å². The lowest BCUT2D eigenvalue weighted by molar-refractivity contribution is -0.274. The van der Waals surface area contributed by atoms with E-state index in [9.17, 15) is 18.0 Å². The van der Waals surface area contributed by atoms with Crippen LogP contribution in [0.2, 0.25) is 10.0 Å². The van der Waals surface area contributed by atoms with E-state index in [2.05, 4.69) is 15.0 Å². The molecular formula is C23H23Cl2F3N2O2. The number of ether oxygens (including phenoxy) is 1. The quantitative estimate of drug-likeness (QED) is 0.571. The topological polar surface area (TPSA) is 41.6 Å². The number of carbonyl (C=O) groups excluding carboxylic acids is 1. The Morgan fingerprint density at radius 3 is 2.16 bits per heavy atom. The van der Waals surface area contributed by atoms with E-state index in [1.165, 1.54) is 24.3 Å². The van der Waals surface area contributed by atoms with Gasteiger partial charge in [0.05, 0.1) is 0 Å². The van der Waals surface area contributed by atoms with Crippen molar-refractivity contribution >= 4 is 29.1 Å². The third kappa shape index (κ3) is 5.50. The van der Waals surface area contributed by atoms with Gasteiger partial charge in [0.2, 0.25) is 5.91 Å². The summed E-state index contributed by atoms with van der Waals surface area (Å²) in [6.07, 6.45) is -1.87. The molecule has 2 aliphatic rings. The monoisotopic (exact) mass is 486 g/mol. The van der Waals surface area contributed by atoms with Crippen LogP contribution in [0.15, 0.2) is 36.4 Å². The summed E-state index contributed by atoms with van der Waals surface area (Å²) in [5.41, 5.74) is 2.23. The van der Waals surface area contributed by atoms with Gasteiger partial charge in [0.15, 0.2) is 0 Å². The molecule has 0 aromatic heterocycles. The first kappa shape index (κ1) is 23.2. The van der Waals surface area contributed by atoms with Crippen molar-refractivity contribution in [2.75, 3.05) is 19.6 Å². The Hall–Kier alpha value is -1.96. The summed E-state index contributed by atoms with van der Waals surface area (Å²) in [5, 5.41) is 3.95. The predicted molar refractivity (Wildman–Crippen MR) is 118 cm³/mol. The number of piperidine rings is 1. The highest BCUT2D eigenvalue weighted by atomic mass is 35.5. The minimum Gasteiger partial charge on any atom is -0.406 e. The Balaban J connectivity index is 1.40. The van der Waals surface area contributed by atoms with Gasteiger partial charge >= 0.3 is 6.36 Å². The van der Waals surface area contributed by atoms with E-state index in [1.807, 2.05) is 0 Å². The van der Waals surface area contributed by atoms with E-state index in [1.54, 1.807) is 12.1 Å². The fourth-order valence-corrected chi connectivity index (χ4v) is 5.18. The van der Waals surface area contributed by atoms with E-state index < -0.39 is 6.36 Å². The van der Waals surface area contributed by atoms with Crippen LogP contribution in [-0.2, 0) is 11.3 Å². The van der Waals surface area contributed by atoms with Gasteiger partial charge in [0, 0.05) is 34.6 Å². The summed E-state index contributed by atoms with van der Waals surface area (Å²) < 4.78 is 40.9. The van der Waals surface area contributed by atoms with Crippen LogP contribution in [0.5, 0.6) is 5.75 Å². The van der Waals surface area contributed by atoms with E-state index >= 15 is 0 Å². The van der Waals surface area contributed by atoms with Crippen molar-refractivity contribution in [3.63, 3.8) is 0 Å². The molecule has 1 N–H and O–H groups in total. The van der Waals surface area contributed by atoms with Gasteiger partial charge in [-0.15, -0.1) is 13.2 Å². The molecule has 32 heavy (non-hydrogen) atoms. The molecule has 1 amide bonds. The number of nitrogens with one attached hydrogen (secondary N) is 1. The van der Waals surface area contributed by atoms with Gasteiger partial charge in [-0.05, 0) is 73.7 Å². The SMILES string of the molecule is O=C1NCC[C@@H]1C1CCN(Cc2c(Cl)cc(-c3ccc(OC(F)(F)F)cc3)cc2Cl)CC1. The maximum atomic E-state index is 12.3. The van der Waals surface area contributed by atoms with E-state index in [0.29, 0.717) is 33.6 Å². The summed E-state index contributed by atoms with van der Waals surface area (Å²) in [6.45, 7) is 3.15. The molecule has 0 radical (unpaired) electrons. The van der Waals surface area contributed by atoms with Gasteiger partial charge < -0.3 is 10.1 Å². The number of halogens is 5. The molecule has 172 valence electrons. The number of carbonyl (C=O) groups is 1. The number of benzene rings is 2. The van der Waals surface area contributed by atoms with Crippen molar-refractivity contribution < 1.29 is 22.7 Å². The lowest BCUT2D eigenvalue weighted by Crippen LogP contribution is -2.37. The smallest absolute Gasteiger partial charge is 0.406 e. The number of hydrogen-bond acceptors (Lipinski definition) is 3.